The quantitative estimate of drug-likeness (QED) is 0.872. The van der Waals surface area contributed by atoms with Crippen LogP contribution in [0, 0.1) is 11.8 Å². The fourth-order valence-electron chi connectivity index (χ4n) is 3.03. The summed E-state index contributed by atoms with van der Waals surface area (Å²) in [6, 6.07) is 3.02. The third-order valence-electron chi connectivity index (χ3n) is 4.24. The summed E-state index contributed by atoms with van der Waals surface area (Å²) in [6.45, 7) is 4.15. The van der Waals surface area contributed by atoms with Gasteiger partial charge in [0.25, 0.3) is 10.0 Å². The Labute approximate surface area is 126 Å². The van der Waals surface area contributed by atoms with Crippen LogP contribution in [0.1, 0.15) is 45.1 Å². The highest BCUT2D eigenvalue weighted by atomic mass is 32.2. The van der Waals surface area contributed by atoms with E-state index in [4.69, 9.17) is 5.11 Å². The Kier molecular flexibility index (Phi) is 5.35. The van der Waals surface area contributed by atoms with Crippen molar-refractivity contribution in [3.8, 4) is 0 Å². The summed E-state index contributed by atoms with van der Waals surface area (Å²) in [4.78, 5) is 3.95. The first kappa shape index (κ1) is 16.4. The van der Waals surface area contributed by atoms with Crippen LogP contribution in [0.5, 0.6) is 0 Å². The van der Waals surface area contributed by atoms with Crippen molar-refractivity contribution in [2.45, 2.75) is 57.2 Å². The molecule has 1 fully saturated rings. The van der Waals surface area contributed by atoms with E-state index in [0.717, 1.165) is 19.3 Å². The molecule has 0 saturated heterocycles. The summed E-state index contributed by atoms with van der Waals surface area (Å²) in [5.41, 5.74) is 0.603. The van der Waals surface area contributed by atoms with E-state index < -0.39 is 10.0 Å². The second kappa shape index (κ2) is 6.85. The summed E-state index contributed by atoms with van der Waals surface area (Å²) >= 11 is 0. The number of hydrogen-bond acceptors (Lipinski definition) is 4. The van der Waals surface area contributed by atoms with E-state index >= 15 is 0 Å². The van der Waals surface area contributed by atoms with Gasteiger partial charge in [-0.3, -0.25) is 0 Å². The van der Waals surface area contributed by atoms with Crippen molar-refractivity contribution in [1.29, 1.82) is 0 Å². The van der Waals surface area contributed by atoms with Crippen LogP contribution in [0.15, 0.2) is 23.4 Å². The maximum absolute atomic E-state index is 12.4. The lowest BCUT2D eigenvalue weighted by Gasteiger charge is -2.34. The predicted octanol–water partition coefficient (Wildman–Crippen LogP) is 2.07. The molecule has 0 bridgehead atoms. The molecule has 2 unspecified atom stereocenters. The molecule has 1 aliphatic rings. The normalized spacial score (nSPS) is 23.4. The molecule has 0 amide bonds. The van der Waals surface area contributed by atoms with Gasteiger partial charge in [0.2, 0.25) is 0 Å². The van der Waals surface area contributed by atoms with Crippen LogP contribution in [0.3, 0.4) is 0 Å². The van der Waals surface area contributed by atoms with E-state index in [1.807, 2.05) is 0 Å². The first-order valence-electron chi connectivity index (χ1n) is 7.52. The molecule has 0 spiro atoms. The molecule has 6 heteroatoms. The highest BCUT2D eigenvalue weighted by Crippen LogP contribution is 2.31. The van der Waals surface area contributed by atoms with Gasteiger partial charge in [-0.05, 0) is 36.3 Å². The van der Waals surface area contributed by atoms with Gasteiger partial charge in [0, 0.05) is 12.2 Å². The fourth-order valence-corrected chi connectivity index (χ4v) is 4.28. The van der Waals surface area contributed by atoms with Gasteiger partial charge in [-0.2, -0.15) is 0 Å². The lowest BCUT2D eigenvalue weighted by atomic mass is 9.78. The van der Waals surface area contributed by atoms with Crippen LogP contribution in [-0.2, 0) is 16.6 Å². The number of aliphatic hydroxyl groups is 1. The Morgan fingerprint density at radius 1 is 1.33 bits per heavy atom. The Bertz CT molecular complexity index is 555. The number of pyridine rings is 1. The standard InChI is InChI=1S/C15H24N2O3S/c1-11(2)13-5-3-4-6-14(13)17-21(19,20)15-8-7-12(10-18)9-16-15/h7-9,11,13-14,17-18H,3-6,10H2,1-2H3. The molecule has 2 atom stereocenters. The minimum Gasteiger partial charge on any atom is -0.392 e. The smallest absolute Gasteiger partial charge is 0.258 e. The first-order valence-corrected chi connectivity index (χ1v) is 9.00. The van der Waals surface area contributed by atoms with Gasteiger partial charge in [0.1, 0.15) is 0 Å². The molecule has 1 saturated carbocycles. The van der Waals surface area contributed by atoms with E-state index in [1.165, 1.54) is 18.7 Å². The number of nitrogens with one attached hydrogen (secondary N) is 1. The van der Waals surface area contributed by atoms with Crippen LogP contribution >= 0.6 is 0 Å². The van der Waals surface area contributed by atoms with Gasteiger partial charge in [-0.1, -0.05) is 32.8 Å². The molecule has 0 aromatic carbocycles. The number of aliphatic hydroxyl groups excluding tert-OH is 1. The molecular formula is C15H24N2O3S. The lowest BCUT2D eigenvalue weighted by Crippen LogP contribution is -2.44. The van der Waals surface area contributed by atoms with E-state index in [0.29, 0.717) is 17.4 Å². The Hall–Kier alpha value is -0.980. The van der Waals surface area contributed by atoms with Crippen molar-refractivity contribution in [1.82, 2.24) is 9.71 Å². The van der Waals surface area contributed by atoms with Gasteiger partial charge >= 0.3 is 0 Å². The molecule has 118 valence electrons. The second-order valence-electron chi connectivity index (χ2n) is 6.08. The van der Waals surface area contributed by atoms with Crippen LogP contribution in [0.2, 0.25) is 0 Å². The SMILES string of the molecule is CC(C)C1CCCCC1NS(=O)(=O)c1ccc(CO)cn1. The molecule has 1 aromatic rings. The van der Waals surface area contributed by atoms with E-state index in [1.54, 1.807) is 6.07 Å². The summed E-state index contributed by atoms with van der Waals surface area (Å²) in [5, 5.41) is 9.00. The molecule has 0 aliphatic heterocycles. The minimum atomic E-state index is -3.59. The summed E-state index contributed by atoms with van der Waals surface area (Å²) in [5.74, 6) is 0.841. The monoisotopic (exact) mass is 312 g/mol. The molecule has 0 radical (unpaired) electrons. The van der Waals surface area contributed by atoms with Crippen LogP contribution in [0.25, 0.3) is 0 Å². The summed E-state index contributed by atoms with van der Waals surface area (Å²) in [6.07, 6.45) is 5.59. The van der Waals surface area contributed by atoms with E-state index in [-0.39, 0.29) is 17.7 Å². The highest BCUT2D eigenvalue weighted by Gasteiger charge is 2.31. The highest BCUT2D eigenvalue weighted by molar-refractivity contribution is 7.89. The van der Waals surface area contributed by atoms with Crippen LogP contribution in [-0.4, -0.2) is 24.6 Å². The molecule has 1 aromatic heterocycles. The van der Waals surface area contributed by atoms with Gasteiger partial charge in [-0.15, -0.1) is 0 Å². The maximum Gasteiger partial charge on any atom is 0.258 e. The zero-order valence-corrected chi connectivity index (χ0v) is 13.4. The topological polar surface area (TPSA) is 79.3 Å². The summed E-state index contributed by atoms with van der Waals surface area (Å²) < 4.78 is 27.7. The van der Waals surface area contributed by atoms with Crippen molar-refractivity contribution >= 4 is 10.0 Å². The van der Waals surface area contributed by atoms with Crippen LogP contribution in [0.4, 0.5) is 0 Å². The third-order valence-corrected chi connectivity index (χ3v) is 5.64. The fraction of sp³-hybridized carbons (Fsp3) is 0.667. The first-order chi connectivity index (χ1) is 9.94. The molecule has 2 rings (SSSR count). The average Bonchev–Trinajstić information content (AvgIpc) is 2.47. The van der Waals surface area contributed by atoms with E-state index in [9.17, 15) is 8.42 Å². The van der Waals surface area contributed by atoms with Crippen molar-refractivity contribution in [2.75, 3.05) is 0 Å². The number of sulfonamides is 1. The number of hydrogen-bond donors (Lipinski definition) is 2. The Morgan fingerprint density at radius 3 is 2.62 bits per heavy atom. The van der Waals surface area contributed by atoms with Crippen LogP contribution < -0.4 is 4.72 Å². The number of rotatable bonds is 5. The van der Waals surface area contributed by atoms with Crippen molar-refractivity contribution in [3.05, 3.63) is 23.9 Å². The average molecular weight is 312 g/mol. The van der Waals surface area contributed by atoms with Gasteiger partial charge in [-0.25, -0.2) is 18.1 Å². The summed E-state index contributed by atoms with van der Waals surface area (Å²) in [7, 11) is -3.59. The Morgan fingerprint density at radius 2 is 2.05 bits per heavy atom. The molecule has 21 heavy (non-hydrogen) atoms. The molecule has 1 aliphatic carbocycles. The zero-order chi connectivity index (χ0) is 15.5. The van der Waals surface area contributed by atoms with Crippen molar-refractivity contribution in [2.24, 2.45) is 11.8 Å². The predicted molar refractivity (Wildman–Crippen MR) is 81.1 cm³/mol. The van der Waals surface area contributed by atoms with Gasteiger partial charge in [0.15, 0.2) is 5.03 Å². The number of aromatic nitrogens is 1. The van der Waals surface area contributed by atoms with Crippen molar-refractivity contribution < 1.29 is 13.5 Å². The van der Waals surface area contributed by atoms with E-state index in [2.05, 4.69) is 23.6 Å². The Balaban J connectivity index is 2.15. The zero-order valence-electron chi connectivity index (χ0n) is 12.6. The molecular weight excluding hydrogens is 288 g/mol. The van der Waals surface area contributed by atoms with Crippen molar-refractivity contribution in [3.63, 3.8) is 0 Å². The molecule has 5 nitrogen and oxygen atoms in total. The second-order valence-corrected chi connectivity index (χ2v) is 7.74. The maximum atomic E-state index is 12.4. The molecule has 2 N–H and O–H groups in total. The molecule has 1 heterocycles. The largest absolute Gasteiger partial charge is 0.392 e. The third kappa shape index (κ3) is 4.02. The van der Waals surface area contributed by atoms with Gasteiger partial charge < -0.3 is 5.11 Å². The lowest BCUT2D eigenvalue weighted by molar-refractivity contribution is 0.226. The number of nitrogens with zero attached hydrogens (tertiary/aromatic N) is 1. The minimum absolute atomic E-state index is 0.0110. The van der Waals surface area contributed by atoms with Gasteiger partial charge in [0.05, 0.1) is 6.61 Å².